The maximum Gasteiger partial charge on any atom is 0.407 e. The van der Waals surface area contributed by atoms with Crippen LogP contribution in [-0.2, 0) is 19.1 Å². The summed E-state index contributed by atoms with van der Waals surface area (Å²) >= 11 is 1.17. The molecule has 3 heterocycles. The summed E-state index contributed by atoms with van der Waals surface area (Å²) in [6.45, 7) is 5.91. The highest BCUT2D eigenvalue weighted by atomic mass is 32.1. The van der Waals surface area contributed by atoms with Crippen LogP contribution in [0.1, 0.15) is 56.1 Å². The Labute approximate surface area is 283 Å². The first kappa shape index (κ1) is 34.8. The molecule has 5 rings (SSSR count). The van der Waals surface area contributed by atoms with Gasteiger partial charge in [-0.1, -0.05) is 18.2 Å². The SMILES string of the molecule is CC(C)(C)OC(=O)N[C@H]1C[C@H]2COc3cc(F)cc(c3)-c3csc(c3)C(=O)N[C@H](C(=O)Nc3ccccc3)COCCCCC(=O)N2C1. The minimum Gasteiger partial charge on any atom is -0.491 e. The second-order valence-corrected chi connectivity index (χ2v) is 13.8. The van der Waals surface area contributed by atoms with E-state index < -0.39 is 35.4 Å². The summed E-state index contributed by atoms with van der Waals surface area (Å²) in [5.74, 6) is -1.27. The lowest BCUT2D eigenvalue weighted by Gasteiger charge is -2.25. The molecule has 11 nitrogen and oxygen atoms in total. The topological polar surface area (TPSA) is 135 Å². The molecule has 2 aromatic carbocycles. The second kappa shape index (κ2) is 15.6. The Morgan fingerprint density at radius 2 is 1.83 bits per heavy atom. The number of rotatable bonds is 3. The fourth-order valence-electron chi connectivity index (χ4n) is 5.56. The van der Waals surface area contributed by atoms with Crippen molar-refractivity contribution >= 4 is 40.8 Å². The van der Waals surface area contributed by atoms with Crippen LogP contribution < -0.4 is 20.7 Å². The van der Waals surface area contributed by atoms with E-state index in [-0.39, 0.29) is 56.5 Å². The average molecular weight is 681 g/mol. The van der Waals surface area contributed by atoms with Crippen molar-refractivity contribution in [2.45, 2.75) is 70.2 Å². The zero-order chi connectivity index (χ0) is 34.3. The van der Waals surface area contributed by atoms with Crippen molar-refractivity contribution in [3.63, 3.8) is 0 Å². The van der Waals surface area contributed by atoms with E-state index in [1.54, 1.807) is 67.4 Å². The summed E-state index contributed by atoms with van der Waals surface area (Å²) in [6.07, 6.45) is 1.17. The van der Waals surface area contributed by atoms with Crippen molar-refractivity contribution < 1.29 is 37.8 Å². The van der Waals surface area contributed by atoms with Gasteiger partial charge < -0.3 is 35.1 Å². The third kappa shape index (κ3) is 9.77. The zero-order valence-electron chi connectivity index (χ0n) is 27.3. The number of alkyl carbamates (subject to hydrolysis) is 1. The summed E-state index contributed by atoms with van der Waals surface area (Å²) in [5.41, 5.74) is 1.01. The highest BCUT2D eigenvalue weighted by molar-refractivity contribution is 7.12. The van der Waals surface area contributed by atoms with Gasteiger partial charge in [-0.25, -0.2) is 9.18 Å². The number of para-hydroxylation sites is 1. The Kier molecular flexibility index (Phi) is 11.3. The molecule has 3 N–H and O–H groups in total. The van der Waals surface area contributed by atoms with E-state index >= 15 is 0 Å². The van der Waals surface area contributed by atoms with Gasteiger partial charge in [-0.05, 0) is 86.9 Å². The molecule has 3 atom stereocenters. The van der Waals surface area contributed by atoms with Gasteiger partial charge in [-0.2, -0.15) is 0 Å². The fraction of sp³-hybridized carbons (Fsp3) is 0.429. The Bertz CT molecular complexity index is 1610. The van der Waals surface area contributed by atoms with Gasteiger partial charge in [0.1, 0.15) is 29.8 Å². The number of thiophene rings is 1. The maximum atomic E-state index is 14.8. The third-order valence-electron chi connectivity index (χ3n) is 7.80. The molecule has 2 aliphatic heterocycles. The van der Waals surface area contributed by atoms with Gasteiger partial charge in [0, 0.05) is 31.3 Å². The number of benzene rings is 2. The standard InChI is InChI=1S/C35H41FN4O7S/c1-35(2,3)47-34(44)38-26-17-27-19-46-28-14-22(13-24(36)16-28)23-15-30(48-21-23)33(43)39-29(32(42)37-25-9-5-4-6-10-25)20-45-12-8-7-11-31(41)40(27)18-26/h4-6,9-10,13-16,21,26-27,29H,7-8,11-12,17-20H2,1-3H3,(H,37,42)(H,38,44)(H,39,43)/t26-,27-,29-/m0/s1. The zero-order valence-corrected chi connectivity index (χ0v) is 28.1. The normalized spacial score (nSPS) is 20.9. The lowest BCUT2D eigenvalue weighted by atomic mass is 10.1. The minimum atomic E-state index is -0.996. The largest absolute Gasteiger partial charge is 0.491 e. The van der Waals surface area contributed by atoms with Crippen LogP contribution >= 0.6 is 11.3 Å². The number of fused-ring (bicyclic) bond motifs is 6. The Morgan fingerprint density at radius 3 is 2.60 bits per heavy atom. The molecule has 4 amide bonds. The van der Waals surface area contributed by atoms with Gasteiger partial charge in [0.15, 0.2) is 0 Å². The van der Waals surface area contributed by atoms with Crippen molar-refractivity contribution in [3.8, 4) is 16.9 Å². The number of carbonyl (C=O) groups excluding carboxylic acids is 4. The van der Waals surface area contributed by atoms with E-state index in [0.29, 0.717) is 41.0 Å². The van der Waals surface area contributed by atoms with E-state index in [4.69, 9.17) is 14.2 Å². The summed E-state index contributed by atoms with van der Waals surface area (Å²) in [6, 6.07) is 13.1. The number of hydrogen-bond acceptors (Lipinski definition) is 8. The average Bonchev–Trinajstić information content (AvgIpc) is 3.68. The smallest absolute Gasteiger partial charge is 0.407 e. The predicted octanol–water partition coefficient (Wildman–Crippen LogP) is 5.36. The van der Waals surface area contributed by atoms with Crippen LogP contribution in [0.25, 0.3) is 11.1 Å². The Morgan fingerprint density at radius 1 is 1.04 bits per heavy atom. The molecule has 1 saturated heterocycles. The number of halogens is 1. The molecule has 256 valence electrons. The summed E-state index contributed by atoms with van der Waals surface area (Å²) in [5, 5.41) is 10.2. The van der Waals surface area contributed by atoms with E-state index in [1.165, 1.54) is 23.5 Å². The molecule has 4 bridgehead atoms. The number of ether oxygens (including phenoxy) is 3. The van der Waals surface area contributed by atoms with Crippen LogP contribution in [0.2, 0.25) is 0 Å². The molecule has 0 radical (unpaired) electrons. The van der Waals surface area contributed by atoms with Gasteiger partial charge in [0.2, 0.25) is 11.8 Å². The van der Waals surface area contributed by atoms with Crippen LogP contribution in [0.4, 0.5) is 14.9 Å². The van der Waals surface area contributed by atoms with Gasteiger partial charge in [-0.3, -0.25) is 14.4 Å². The van der Waals surface area contributed by atoms with E-state index in [9.17, 15) is 23.6 Å². The van der Waals surface area contributed by atoms with Crippen LogP contribution in [0.15, 0.2) is 60.0 Å². The third-order valence-corrected chi connectivity index (χ3v) is 8.73. The maximum absolute atomic E-state index is 14.8. The molecular formula is C35H41FN4O7S. The molecule has 0 aliphatic carbocycles. The fourth-order valence-corrected chi connectivity index (χ4v) is 6.38. The molecular weight excluding hydrogens is 639 g/mol. The van der Waals surface area contributed by atoms with Crippen LogP contribution in [0, 0.1) is 5.82 Å². The molecule has 13 heteroatoms. The van der Waals surface area contributed by atoms with Crippen LogP contribution in [0.3, 0.4) is 0 Å². The van der Waals surface area contributed by atoms with Crippen molar-refractivity contribution in [1.29, 1.82) is 0 Å². The number of carbonyl (C=O) groups is 4. The van der Waals surface area contributed by atoms with E-state index in [2.05, 4.69) is 16.0 Å². The van der Waals surface area contributed by atoms with Crippen molar-refractivity contribution in [3.05, 3.63) is 70.7 Å². The van der Waals surface area contributed by atoms with E-state index in [0.717, 1.165) is 0 Å². The van der Waals surface area contributed by atoms with Gasteiger partial charge >= 0.3 is 6.09 Å². The summed E-state index contributed by atoms with van der Waals surface area (Å²) in [7, 11) is 0. The van der Waals surface area contributed by atoms with Crippen LogP contribution in [-0.4, -0.2) is 78.8 Å². The first-order chi connectivity index (χ1) is 22.9. The summed E-state index contributed by atoms with van der Waals surface area (Å²) < 4.78 is 32.1. The Balaban J connectivity index is 1.35. The number of hydrogen-bond donors (Lipinski definition) is 3. The highest BCUT2D eigenvalue weighted by Gasteiger charge is 2.37. The second-order valence-electron chi connectivity index (χ2n) is 12.9. The number of nitrogens with zero attached hydrogens (tertiary/aromatic N) is 1. The molecule has 0 spiro atoms. The molecule has 0 unspecified atom stereocenters. The number of anilines is 1. The molecule has 3 aromatic rings. The van der Waals surface area contributed by atoms with E-state index in [1.807, 2.05) is 6.07 Å². The molecule has 0 saturated carbocycles. The van der Waals surface area contributed by atoms with Crippen molar-refractivity contribution in [1.82, 2.24) is 15.5 Å². The predicted molar refractivity (Wildman–Crippen MR) is 179 cm³/mol. The number of amides is 4. The quantitative estimate of drug-likeness (QED) is 0.339. The van der Waals surface area contributed by atoms with Gasteiger partial charge in [-0.15, -0.1) is 11.3 Å². The first-order valence-corrected chi connectivity index (χ1v) is 16.9. The van der Waals surface area contributed by atoms with Gasteiger partial charge in [0.05, 0.1) is 23.6 Å². The Hall–Kier alpha value is -4.49. The van der Waals surface area contributed by atoms with Gasteiger partial charge in [0.25, 0.3) is 5.91 Å². The highest BCUT2D eigenvalue weighted by Crippen LogP contribution is 2.31. The minimum absolute atomic E-state index is 0.0760. The van der Waals surface area contributed by atoms with Crippen molar-refractivity contribution in [2.75, 3.05) is 31.7 Å². The number of nitrogens with one attached hydrogen (secondary N) is 3. The molecule has 1 fully saturated rings. The molecule has 48 heavy (non-hydrogen) atoms. The monoisotopic (exact) mass is 680 g/mol. The van der Waals surface area contributed by atoms with Crippen LogP contribution in [0.5, 0.6) is 5.75 Å². The molecule has 1 aromatic heterocycles. The first-order valence-electron chi connectivity index (χ1n) is 16.0. The summed E-state index contributed by atoms with van der Waals surface area (Å²) in [4.78, 5) is 54.4. The lowest BCUT2D eigenvalue weighted by molar-refractivity contribution is -0.132. The molecule has 2 aliphatic rings. The van der Waals surface area contributed by atoms with Crippen molar-refractivity contribution in [2.24, 2.45) is 0 Å². The lowest BCUT2D eigenvalue weighted by Crippen LogP contribution is -2.46.